The molecule has 0 spiro atoms. The predicted molar refractivity (Wildman–Crippen MR) is 153 cm³/mol. The van der Waals surface area contributed by atoms with Gasteiger partial charge in [-0.25, -0.2) is 19.2 Å². The maximum absolute atomic E-state index is 14.1. The van der Waals surface area contributed by atoms with Gasteiger partial charge in [0.05, 0.1) is 25.5 Å². The molecule has 1 aromatic heterocycles. The molecule has 0 fully saturated rings. The molecule has 0 saturated carbocycles. The van der Waals surface area contributed by atoms with E-state index in [4.69, 9.17) is 15.7 Å². The number of alkyl halides is 1. The van der Waals surface area contributed by atoms with Crippen molar-refractivity contribution >= 4 is 24.5 Å². The van der Waals surface area contributed by atoms with Crippen LogP contribution in [0.25, 0.3) is 0 Å². The van der Waals surface area contributed by atoms with Gasteiger partial charge in [0.15, 0.2) is 5.82 Å². The third-order valence-corrected chi connectivity index (χ3v) is 5.60. The van der Waals surface area contributed by atoms with E-state index < -0.39 is 11.8 Å². The fourth-order valence-electron chi connectivity index (χ4n) is 3.58. The number of allylic oxidation sites excluding steroid dienone is 3. The lowest BCUT2D eigenvalue weighted by Crippen LogP contribution is -2.24. The van der Waals surface area contributed by atoms with Crippen LogP contribution >= 0.6 is 0 Å². The Kier molecular flexibility index (Phi) is 11.8. The van der Waals surface area contributed by atoms with Crippen LogP contribution in [-0.4, -0.2) is 41.3 Å². The molecule has 0 aliphatic rings. The van der Waals surface area contributed by atoms with Crippen LogP contribution in [0.3, 0.4) is 0 Å². The maximum atomic E-state index is 14.1. The Balaban J connectivity index is 1.84. The van der Waals surface area contributed by atoms with Crippen molar-refractivity contribution in [3.63, 3.8) is 0 Å². The predicted octanol–water partition coefficient (Wildman–Crippen LogP) is 5.41. The molecule has 10 heteroatoms. The van der Waals surface area contributed by atoms with Crippen LogP contribution in [0.1, 0.15) is 50.4 Å². The van der Waals surface area contributed by atoms with E-state index in [-0.39, 0.29) is 25.5 Å². The number of imidazole rings is 1. The van der Waals surface area contributed by atoms with Gasteiger partial charge in [0, 0.05) is 18.7 Å². The minimum Gasteiger partial charge on any atom is -0.450 e. The van der Waals surface area contributed by atoms with E-state index in [0.717, 1.165) is 11.1 Å². The molecule has 1 heterocycles. The number of benzene rings is 1. The van der Waals surface area contributed by atoms with E-state index in [9.17, 15) is 9.18 Å². The van der Waals surface area contributed by atoms with Gasteiger partial charge in [-0.3, -0.25) is 4.99 Å². The van der Waals surface area contributed by atoms with Crippen molar-refractivity contribution in [1.82, 2.24) is 14.9 Å². The number of nitrogens with one attached hydrogen (secondary N) is 1. The summed E-state index contributed by atoms with van der Waals surface area (Å²) >= 11 is 0. The first-order valence-electron chi connectivity index (χ1n) is 12.5. The quantitative estimate of drug-likeness (QED) is 0.110. The SMILES string of the molecule is C=Nc1c(/C(N)=N\CC(/C=C\C)=C/C(=C)C#N)ncn1CCCCOC(=O)NCc1cccc(C(C)(C)F)c1. The Morgan fingerprint density at radius 1 is 1.38 bits per heavy atom. The van der Waals surface area contributed by atoms with Gasteiger partial charge >= 0.3 is 6.09 Å². The number of nitrogens with zero attached hydrogens (tertiary/aromatic N) is 5. The zero-order valence-electron chi connectivity index (χ0n) is 22.8. The topological polar surface area (TPSA) is 131 Å². The Labute approximate surface area is 229 Å². The van der Waals surface area contributed by atoms with Gasteiger partial charge in [-0.15, -0.1) is 0 Å². The Morgan fingerprint density at radius 3 is 2.82 bits per heavy atom. The van der Waals surface area contributed by atoms with Crippen LogP contribution in [0.15, 0.2) is 76.5 Å². The summed E-state index contributed by atoms with van der Waals surface area (Å²) in [6.45, 7) is 13.4. The molecule has 0 bridgehead atoms. The number of aliphatic imine (C=N–C) groups is 2. The van der Waals surface area contributed by atoms with E-state index in [2.05, 4.69) is 33.6 Å². The van der Waals surface area contributed by atoms with Crippen molar-refractivity contribution in [2.75, 3.05) is 13.2 Å². The van der Waals surface area contributed by atoms with Crippen molar-refractivity contribution in [3.05, 3.63) is 83.4 Å². The number of hydrogen-bond acceptors (Lipinski definition) is 6. The van der Waals surface area contributed by atoms with Gasteiger partial charge in [-0.2, -0.15) is 5.26 Å². The summed E-state index contributed by atoms with van der Waals surface area (Å²) in [6.07, 6.45) is 7.71. The molecular formula is C29H36FN7O2. The molecule has 2 aromatic rings. The summed E-state index contributed by atoms with van der Waals surface area (Å²) in [5.74, 6) is 0.696. The number of nitrogens with two attached hydrogens (primary N) is 1. The summed E-state index contributed by atoms with van der Waals surface area (Å²) in [7, 11) is 0. The molecule has 1 amide bonds. The lowest BCUT2D eigenvalue weighted by molar-refractivity contribution is 0.143. The highest BCUT2D eigenvalue weighted by molar-refractivity contribution is 5.99. The Hall–Kier alpha value is -4.52. The molecule has 2 rings (SSSR count). The largest absolute Gasteiger partial charge is 0.450 e. The number of halogens is 1. The van der Waals surface area contributed by atoms with Crippen LogP contribution in [0, 0.1) is 11.3 Å². The molecule has 3 N–H and O–H groups in total. The highest BCUT2D eigenvalue weighted by Crippen LogP contribution is 2.25. The first kappa shape index (κ1) is 30.7. The number of nitriles is 1. The number of amidine groups is 1. The van der Waals surface area contributed by atoms with Gasteiger partial charge in [0.2, 0.25) is 0 Å². The number of ether oxygens (including phenoxy) is 1. The first-order valence-corrected chi connectivity index (χ1v) is 12.5. The summed E-state index contributed by atoms with van der Waals surface area (Å²) in [6, 6.07) is 9.01. The van der Waals surface area contributed by atoms with Crippen molar-refractivity contribution < 1.29 is 13.9 Å². The number of aryl methyl sites for hydroxylation is 1. The number of alkyl carbamates (subject to hydrolysis) is 1. The third-order valence-electron chi connectivity index (χ3n) is 5.60. The van der Waals surface area contributed by atoms with Crippen molar-refractivity contribution in [2.45, 2.75) is 52.4 Å². The smallest absolute Gasteiger partial charge is 0.407 e. The molecule has 206 valence electrons. The van der Waals surface area contributed by atoms with Crippen LogP contribution in [0.2, 0.25) is 0 Å². The van der Waals surface area contributed by atoms with Crippen molar-refractivity contribution in [2.24, 2.45) is 15.7 Å². The lowest BCUT2D eigenvalue weighted by atomic mass is 9.98. The fourth-order valence-corrected chi connectivity index (χ4v) is 3.58. The van der Waals surface area contributed by atoms with Crippen LogP contribution < -0.4 is 11.1 Å². The second-order valence-corrected chi connectivity index (χ2v) is 9.20. The van der Waals surface area contributed by atoms with E-state index in [1.54, 1.807) is 30.6 Å². The van der Waals surface area contributed by atoms with Crippen LogP contribution in [0.4, 0.5) is 15.0 Å². The van der Waals surface area contributed by atoms with Gasteiger partial charge in [0.1, 0.15) is 17.2 Å². The number of carbonyl (C=O) groups excluding carboxylic acids is 1. The van der Waals surface area contributed by atoms with Gasteiger partial charge < -0.3 is 20.4 Å². The van der Waals surface area contributed by atoms with Crippen LogP contribution in [-0.2, 0) is 23.5 Å². The zero-order valence-corrected chi connectivity index (χ0v) is 22.8. The summed E-state index contributed by atoms with van der Waals surface area (Å²) in [4.78, 5) is 24.8. The Bertz CT molecular complexity index is 1290. The highest BCUT2D eigenvalue weighted by atomic mass is 19.1. The summed E-state index contributed by atoms with van der Waals surface area (Å²) < 4.78 is 21.2. The van der Waals surface area contributed by atoms with Crippen LogP contribution in [0.5, 0.6) is 0 Å². The zero-order chi connectivity index (χ0) is 28.8. The highest BCUT2D eigenvalue weighted by Gasteiger charge is 2.18. The van der Waals surface area contributed by atoms with Crippen molar-refractivity contribution in [3.8, 4) is 6.07 Å². The van der Waals surface area contributed by atoms with E-state index in [0.29, 0.717) is 42.0 Å². The average Bonchev–Trinajstić information content (AvgIpc) is 3.32. The molecule has 0 unspecified atom stereocenters. The first-order chi connectivity index (χ1) is 18.6. The van der Waals surface area contributed by atoms with Gasteiger partial charge in [0.25, 0.3) is 0 Å². The molecule has 39 heavy (non-hydrogen) atoms. The maximum Gasteiger partial charge on any atom is 0.407 e. The minimum atomic E-state index is -1.45. The number of aromatic nitrogens is 2. The van der Waals surface area contributed by atoms with Gasteiger partial charge in [-0.1, -0.05) is 43.0 Å². The minimum absolute atomic E-state index is 0.203. The van der Waals surface area contributed by atoms with E-state index in [1.807, 2.05) is 35.8 Å². The molecule has 0 aliphatic heterocycles. The average molecular weight is 534 g/mol. The standard InChI is InChI=1S/C29H36FN7O2/c1-6-10-22(15-21(2)17-31)18-34-26(32)25-27(33-5)37(20-36-25)13-7-8-14-39-28(38)35-19-23-11-9-12-24(16-23)29(3,4)30/h6,9-12,15-16,20H,2,5,7-8,13-14,18-19H2,1,3-4H3,(H2,32,34)(H,35,38)/b10-6-,22-15+. The molecular weight excluding hydrogens is 497 g/mol. The Morgan fingerprint density at radius 2 is 2.15 bits per heavy atom. The van der Waals surface area contributed by atoms with E-state index in [1.165, 1.54) is 13.8 Å². The molecule has 9 nitrogen and oxygen atoms in total. The van der Waals surface area contributed by atoms with Crippen molar-refractivity contribution in [1.29, 1.82) is 5.26 Å². The normalized spacial score (nSPS) is 12.3. The number of hydrogen-bond donors (Lipinski definition) is 2. The second kappa shape index (κ2) is 15.0. The third kappa shape index (κ3) is 10.0. The molecule has 0 saturated heterocycles. The summed E-state index contributed by atoms with van der Waals surface area (Å²) in [5, 5.41) is 11.6. The number of unbranched alkanes of at least 4 members (excludes halogenated alkanes) is 1. The molecule has 0 aliphatic carbocycles. The van der Waals surface area contributed by atoms with Gasteiger partial charge in [-0.05, 0) is 63.1 Å². The second-order valence-electron chi connectivity index (χ2n) is 9.20. The molecule has 0 radical (unpaired) electrons. The monoisotopic (exact) mass is 533 g/mol. The fraction of sp³-hybridized carbons (Fsp3) is 0.345. The number of amides is 1. The molecule has 0 atom stereocenters. The number of carbonyl (C=O) groups is 1. The molecule has 1 aromatic carbocycles. The van der Waals surface area contributed by atoms with E-state index >= 15 is 0 Å². The summed E-state index contributed by atoms with van der Waals surface area (Å²) in [5.41, 5.74) is 7.58. The number of rotatable bonds is 14. The lowest BCUT2D eigenvalue weighted by Gasteiger charge is -2.15.